The number of nitrogens with zero attached hydrogens (tertiary/aromatic N) is 1. The number of nitrogens with one attached hydrogen (secondary N) is 1. The molecule has 0 radical (unpaired) electrons. The number of allylic oxidation sites excluding steroid dienone is 3. The number of fused-ring (bicyclic) bond motifs is 3. The number of carbonyl (C=O) groups excluding carboxylic acids is 3. The normalized spacial score (nSPS) is 24.4. The Bertz CT molecular complexity index is 1920. The third-order valence-electron chi connectivity index (χ3n) is 10.8. The van der Waals surface area contributed by atoms with E-state index in [0.29, 0.717) is 60.3 Å². The van der Waals surface area contributed by atoms with Crippen molar-refractivity contribution in [3.8, 4) is 17.2 Å². The first kappa shape index (κ1) is 33.2. The predicted octanol–water partition coefficient (Wildman–Crippen LogP) is 2.35. The quantitative estimate of drug-likeness (QED) is 0.282. The first-order chi connectivity index (χ1) is 23.7. The Balaban J connectivity index is 1.41. The molecule has 0 aromatic heterocycles. The summed E-state index contributed by atoms with van der Waals surface area (Å²) in [5.74, 6) is -0.713. The van der Waals surface area contributed by atoms with Gasteiger partial charge in [-0.25, -0.2) is 4.79 Å². The van der Waals surface area contributed by atoms with Crippen LogP contribution in [0.2, 0.25) is 0 Å². The number of carbonyl (C=O) groups is 3. The highest BCUT2D eigenvalue weighted by Crippen LogP contribution is 2.56. The van der Waals surface area contributed by atoms with Gasteiger partial charge in [0, 0.05) is 29.9 Å². The van der Waals surface area contributed by atoms with Crippen LogP contribution in [0.15, 0.2) is 40.1 Å². The summed E-state index contributed by atoms with van der Waals surface area (Å²) in [6.07, 6.45) is 4.72. The number of rotatable bonds is 8. The van der Waals surface area contributed by atoms with Crippen molar-refractivity contribution in [3.63, 3.8) is 0 Å². The summed E-state index contributed by atoms with van der Waals surface area (Å²) in [4.78, 5) is 44.4. The SMILES string of the molecule is CCOC(=O)C1=C(C=O)/C(=C2\CCC(=O)[C@@H](c3ccc4c(c3)=CCN=4)C2)c2c(OC)c3c(c(CO)c2O1)O[C@H]([C@](C)(O)C1CCNCC1)C3. The Labute approximate surface area is 284 Å². The fourth-order valence-electron chi connectivity index (χ4n) is 8.21. The average molecular weight is 671 g/mol. The van der Waals surface area contributed by atoms with Gasteiger partial charge in [-0.2, -0.15) is 0 Å². The maximum Gasteiger partial charge on any atom is 0.375 e. The van der Waals surface area contributed by atoms with Crippen LogP contribution in [0.25, 0.3) is 11.6 Å². The number of aldehydes is 1. The average Bonchev–Trinajstić information content (AvgIpc) is 3.78. The summed E-state index contributed by atoms with van der Waals surface area (Å²) >= 11 is 0. The number of ketones is 1. The molecular formula is C38H42N2O9. The van der Waals surface area contributed by atoms with Crippen molar-refractivity contribution < 1.29 is 43.5 Å². The van der Waals surface area contributed by atoms with E-state index in [4.69, 9.17) is 18.9 Å². The van der Waals surface area contributed by atoms with E-state index in [9.17, 15) is 24.6 Å². The van der Waals surface area contributed by atoms with Crippen LogP contribution in [0.5, 0.6) is 17.2 Å². The van der Waals surface area contributed by atoms with Crippen molar-refractivity contribution in [2.75, 3.05) is 33.4 Å². The summed E-state index contributed by atoms with van der Waals surface area (Å²) in [6.45, 7) is 5.18. The monoisotopic (exact) mass is 670 g/mol. The summed E-state index contributed by atoms with van der Waals surface area (Å²) in [5.41, 5.74) is 2.20. The Morgan fingerprint density at radius 1 is 1.18 bits per heavy atom. The van der Waals surface area contributed by atoms with Gasteiger partial charge >= 0.3 is 5.97 Å². The zero-order chi connectivity index (χ0) is 34.4. The second kappa shape index (κ2) is 13.2. The molecule has 49 heavy (non-hydrogen) atoms. The molecule has 258 valence electrons. The summed E-state index contributed by atoms with van der Waals surface area (Å²) < 4.78 is 24.2. The third-order valence-corrected chi connectivity index (χ3v) is 10.8. The van der Waals surface area contributed by atoms with Crippen LogP contribution in [0.1, 0.15) is 74.1 Å². The molecule has 0 spiro atoms. The molecule has 0 unspecified atom stereocenters. The van der Waals surface area contributed by atoms with Gasteiger partial charge in [0.15, 0.2) is 6.29 Å². The van der Waals surface area contributed by atoms with Crippen molar-refractivity contribution in [1.29, 1.82) is 0 Å². The molecule has 3 N–H and O–H groups in total. The van der Waals surface area contributed by atoms with Crippen LogP contribution in [0.4, 0.5) is 0 Å². The topological polar surface area (TPSA) is 153 Å². The molecule has 5 aliphatic rings. The van der Waals surface area contributed by atoms with Crippen LogP contribution in [-0.2, 0) is 32.1 Å². The van der Waals surface area contributed by atoms with Gasteiger partial charge in [0.05, 0.1) is 48.9 Å². The maximum absolute atomic E-state index is 13.5. The molecule has 3 atom stereocenters. The lowest BCUT2D eigenvalue weighted by Crippen LogP contribution is -2.51. The van der Waals surface area contributed by atoms with E-state index < -0.39 is 30.2 Å². The van der Waals surface area contributed by atoms with Gasteiger partial charge in [0.25, 0.3) is 0 Å². The van der Waals surface area contributed by atoms with Gasteiger partial charge < -0.3 is 34.5 Å². The van der Waals surface area contributed by atoms with E-state index in [0.717, 1.165) is 47.6 Å². The molecule has 11 nitrogen and oxygen atoms in total. The number of esters is 1. The fourth-order valence-corrected chi connectivity index (χ4v) is 8.21. The molecule has 2 fully saturated rings. The number of methoxy groups -OCH3 is 1. The van der Waals surface area contributed by atoms with Crippen molar-refractivity contribution >= 4 is 29.7 Å². The summed E-state index contributed by atoms with van der Waals surface area (Å²) in [6, 6.07) is 5.86. The molecule has 0 bridgehead atoms. The molecule has 0 amide bonds. The van der Waals surface area contributed by atoms with Crippen LogP contribution in [0, 0.1) is 5.92 Å². The molecule has 2 aromatic rings. The third kappa shape index (κ3) is 5.57. The van der Waals surface area contributed by atoms with E-state index in [-0.39, 0.29) is 47.4 Å². The molecule has 2 aromatic carbocycles. The molecule has 1 aliphatic carbocycles. The van der Waals surface area contributed by atoms with E-state index in [1.807, 2.05) is 24.3 Å². The lowest BCUT2D eigenvalue weighted by Gasteiger charge is -2.39. The zero-order valence-corrected chi connectivity index (χ0v) is 28.1. The van der Waals surface area contributed by atoms with Crippen molar-refractivity contribution in [1.82, 2.24) is 5.32 Å². The Morgan fingerprint density at radius 2 is 1.98 bits per heavy atom. The first-order valence-electron chi connectivity index (χ1n) is 17.1. The van der Waals surface area contributed by atoms with Crippen LogP contribution in [-0.4, -0.2) is 73.3 Å². The number of hydrogen-bond acceptors (Lipinski definition) is 11. The largest absolute Gasteiger partial charge is 0.496 e. The summed E-state index contributed by atoms with van der Waals surface area (Å²) in [5, 5.41) is 28.0. The fraction of sp³-hybridized carbons (Fsp3) is 0.474. The number of hydrogen-bond donors (Lipinski definition) is 3. The Hall–Kier alpha value is -4.32. The number of aliphatic hydroxyl groups is 2. The maximum atomic E-state index is 13.5. The first-order valence-corrected chi connectivity index (χ1v) is 17.1. The molecule has 1 saturated heterocycles. The molecular weight excluding hydrogens is 628 g/mol. The van der Waals surface area contributed by atoms with Gasteiger partial charge in [-0.1, -0.05) is 17.7 Å². The molecule has 7 rings (SSSR count). The van der Waals surface area contributed by atoms with Crippen LogP contribution < -0.4 is 30.1 Å². The Morgan fingerprint density at radius 3 is 2.69 bits per heavy atom. The van der Waals surface area contributed by atoms with Gasteiger partial charge in [0.2, 0.25) is 5.76 Å². The van der Waals surface area contributed by atoms with Crippen molar-refractivity contribution in [2.45, 2.75) is 76.6 Å². The molecule has 4 heterocycles. The minimum Gasteiger partial charge on any atom is -0.496 e. The lowest BCUT2D eigenvalue weighted by molar-refractivity contribution is -0.141. The standard InChI is InChI=1S/C38H42N2O9/c1-4-47-37(44)36-26(18-41)31(22-6-8-29(43)24(16-22)20-5-7-28-21(15-20)9-14-40-28)32-34(46-3)25-17-30(38(2,45)23-10-12-39-13-11-23)48-33(25)27(19-42)35(32)49-36/h5,7,9,15,18,23-24,30,39,42,45H,4,6,8,10-14,16-17,19H2,1-3H3/b31-22-/t24-,30+,38-/m1/s1. The Kier molecular flexibility index (Phi) is 8.93. The second-order valence-corrected chi connectivity index (χ2v) is 13.5. The predicted molar refractivity (Wildman–Crippen MR) is 179 cm³/mol. The highest BCUT2D eigenvalue weighted by molar-refractivity contribution is 6.11. The molecule has 11 heteroatoms. The van der Waals surface area contributed by atoms with Crippen LogP contribution in [0.3, 0.4) is 0 Å². The highest BCUT2D eigenvalue weighted by Gasteiger charge is 2.48. The van der Waals surface area contributed by atoms with E-state index in [1.54, 1.807) is 13.8 Å². The van der Waals surface area contributed by atoms with Crippen molar-refractivity contribution in [3.05, 3.63) is 67.9 Å². The smallest absolute Gasteiger partial charge is 0.375 e. The van der Waals surface area contributed by atoms with E-state index >= 15 is 0 Å². The number of benzene rings is 2. The number of ether oxygens (including phenoxy) is 4. The zero-order valence-electron chi connectivity index (χ0n) is 28.1. The van der Waals surface area contributed by atoms with Gasteiger partial charge in [-0.15, -0.1) is 0 Å². The van der Waals surface area contributed by atoms with Crippen molar-refractivity contribution in [2.24, 2.45) is 10.9 Å². The van der Waals surface area contributed by atoms with E-state index in [1.165, 1.54) is 7.11 Å². The number of piperidine rings is 1. The lowest BCUT2D eigenvalue weighted by atomic mass is 9.75. The highest BCUT2D eigenvalue weighted by atomic mass is 16.6. The minimum absolute atomic E-state index is 0.00515. The minimum atomic E-state index is -1.19. The van der Waals surface area contributed by atoms with Gasteiger partial charge in [0.1, 0.15) is 34.7 Å². The van der Waals surface area contributed by atoms with E-state index in [2.05, 4.69) is 10.3 Å². The van der Waals surface area contributed by atoms with Crippen LogP contribution >= 0.6 is 0 Å². The second-order valence-electron chi connectivity index (χ2n) is 13.5. The van der Waals surface area contributed by atoms with Gasteiger partial charge in [-0.05, 0) is 81.5 Å². The molecule has 1 saturated carbocycles. The number of aliphatic hydroxyl groups excluding tert-OH is 1. The number of Topliss-reactive ketones (excluding diaryl/α,β-unsaturated/α-hetero) is 1. The summed E-state index contributed by atoms with van der Waals surface area (Å²) in [7, 11) is 1.51. The molecule has 4 aliphatic heterocycles. The van der Waals surface area contributed by atoms with Gasteiger partial charge in [-0.3, -0.25) is 14.6 Å².